The predicted octanol–water partition coefficient (Wildman–Crippen LogP) is 2.57. The van der Waals surface area contributed by atoms with Gasteiger partial charge in [0.1, 0.15) is 16.9 Å². The Morgan fingerprint density at radius 1 is 1.33 bits per heavy atom. The largest absolute Gasteiger partial charge is 0.449 e. The highest BCUT2D eigenvalue weighted by Gasteiger charge is 2.16. The van der Waals surface area contributed by atoms with E-state index in [1.807, 2.05) is 25.1 Å². The number of rotatable bonds is 2. The summed E-state index contributed by atoms with van der Waals surface area (Å²) in [7, 11) is 0. The van der Waals surface area contributed by atoms with Crippen LogP contribution in [-0.4, -0.2) is 28.0 Å². The van der Waals surface area contributed by atoms with Crippen molar-refractivity contribution < 1.29 is 4.42 Å². The number of H-pyrrole nitrogens is 1. The zero-order chi connectivity index (χ0) is 14.4. The molecule has 21 heavy (non-hydrogen) atoms. The Morgan fingerprint density at radius 2 is 2.14 bits per heavy atom. The van der Waals surface area contributed by atoms with Gasteiger partial charge < -0.3 is 9.40 Å². The molecule has 5 heteroatoms. The van der Waals surface area contributed by atoms with Crippen molar-refractivity contribution in [3.8, 4) is 0 Å². The van der Waals surface area contributed by atoms with Crippen LogP contribution in [0.3, 0.4) is 0 Å². The van der Waals surface area contributed by atoms with Crippen LogP contribution in [0.25, 0.3) is 22.1 Å². The molecule has 0 unspecified atom stereocenters. The van der Waals surface area contributed by atoms with Crippen LogP contribution in [0.2, 0.25) is 0 Å². The van der Waals surface area contributed by atoms with Crippen molar-refractivity contribution in [2.75, 3.05) is 13.1 Å². The molecule has 1 N–H and O–H groups in total. The lowest BCUT2D eigenvalue weighted by Gasteiger charge is -2.12. The third-order valence-corrected chi connectivity index (χ3v) is 4.10. The normalized spacial score (nSPS) is 16.2. The Labute approximate surface area is 121 Å². The number of hydrogen-bond donors (Lipinski definition) is 1. The van der Waals surface area contributed by atoms with Crippen LogP contribution >= 0.6 is 0 Å². The third kappa shape index (κ3) is 2.14. The van der Waals surface area contributed by atoms with Gasteiger partial charge in [0.05, 0.1) is 6.54 Å². The number of hydrogen-bond acceptors (Lipinski definition) is 4. The number of aromatic amines is 1. The second-order valence-corrected chi connectivity index (χ2v) is 5.78. The van der Waals surface area contributed by atoms with Gasteiger partial charge in [-0.05, 0) is 45.0 Å². The summed E-state index contributed by atoms with van der Waals surface area (Å²) in [6.07, 6.45) is 2.45. The molecular formula is C16H17N3O2. The molecule has 1 aliphatic heterocycles. The van der Waals surface area contributed by atoms with Gasteiger partial charge in [0.25, 0.3) is 5.56 Å². The zero-order valence-corrected chi connectivity index (χ0v) is 12.0. The number of likely N-dealkylation sites (tertiary alicyclic amines) is 1. The summed E-state index contributed by atoms with van der Waals surface area (Å²) in [5, 5.41) is 0.916. The first-order chi connectivity index (χ1) is 10.2. The molecule has 0 radical (unpaired) electrons. The van der Waals surface area contributed by atoms with Crippen LogP contribution in [-0.2, 0) is 6.54 Å². The van der Waals surface area contributed by atoms with E-state index in [1.165, 1.54) is 12.8 Å². The molecule has 1 aromatic carbocycles. The Morgan fingerprint density at radius 3 is 2.95 bits per heavy atom. The topological polar surface area (TPSA) is 62.1 Å². The first-order valence-corrected chi connectivity index (χ1v) is 7.35. The number of fused-ring (bicyclic) bond motifs is 3. The minimum absolute atomic E-state index is 0.192. The summed E-state index contributed by atoms with van der Waals surface area (Å²) >= 11 is 0. The smallest absolute Gasteiger partial charge is 0.294 e. The fourth-order valence-electron chi connectivity index (χ4n) is 3.04. The van der Waals surface area contributed by atoms with Crippen molar-refractivity contribution in [3.63, 3.8) is 0 Å². The number of benzene rings is 1. The highest BCUT2D eigenvalue weighted by atomic mass is 16.3. The molecule has 5 nitrogen and oxygen atoms in total. The van der Waals surface area contributed by atoms with E-state index in [9.17, 15) is 4.79 Å². The molecule has 0 atom stereocenters. The molecule has 1 saturated heterocycles. The fraction of sp³-hybridized carbons (Fsp3) is 0.375. The SMILES string of the molecule is Cc1ccc2oc3c(=O)[nH]c(CN4CCCC4)nc3c2c1. The molecule has 3 aromatic rings. The summed E-state index contributed by atoms with van der Waals surface area (Å²) in [4.78, 5) is 22.0. The van der Waals surface area contributed by atoms with Crippen molar-refractivity contribution in [1.29, 1.82) is 0 Å². The second kappa shape index (κ2) is 4.70. The molecule has 0 spiro atoms. The van der Waals surface area contributed by atoms with E-state index < -0.39 is 0 Å². The molecular weight excluding hydrogens is 266 g/mol. The summed E-state index contributed by atoms with van der Waals surface area (Å²) in [6, 6.07) is 5.89. The van der Waals surface area contributed by atoms with E-state index >= 15 is 0 Å². The van der Waals surface area contributed by atoms with Crippen LogP contribution in [0.5, 0.6) is 0 Å². The Bertz CT molecular complexity index is 872. The molecule has 2 aromatic heterocycles. The highest BCUT2D eigenvalue weighted by Crippen LogP contribution is 2.26. The molecule has 4 rings (SSSR count). The van der Waals surface area contributed by atoms with E-state index in [-0.39, 0.29) is 5.56 Å². The predicted molar refractivity (Wildman–Crippen MR) is 81.4 cm³/mol. The van der Waals surface area contributed by atoms with Gasteiger partial charge in [0.2, 0.25) is 5.58 Å². The second-order valence-electron chi connectivity index (χ2n) is 5.78. The standard InChI is InChI=1S/C16H17N3O2/c1-10-4-5-12-11(8-10)14-15(21-12)16(20)18-13(17-14)9-19-6-2-3-7-19/h4-5,8H,2-3,6-7,9H2,1H3,(H,17,18,20). The van der Waals surface area contributed by atoms with Crippen molar-refractivity contribution >= 4 is 22.1 Å². The van der Waals surface area contributed by atoms with Gasteiger partial charge in [0.15, 0.2) is 0 Å². The molecule has 0 bridgehead atoms. The van der Waals surface area contributed by atoms with E-state index in [1.54, 1.807) is 0 Å². The Kier molecular flexibility index (Phi) is 2.82. The maximum Gasteiger partial charge on any atom is 0.294 e. The van der Waals surface area contributed by atoms with E-state index in [4.69, 9.17) is 4.42 Å². The van der Waals surface area contributed by atoms with Gasteiger partial charge in [-0.2, -0.15) is 0 Å². The van der Waals surface area contributed by atoms with Crippen LogP contribution in [0.1, 0.15) is 24.2 Å². The maximum atomic E-state index is 12.2. The van der Waals surface area contributed by atoms with Crippen LogP contribution < -0.4 is 5.56 Å². The average Bonchev–Trinajstić information content (AvgIpc) is 3.07. The number of nitrogens with zero attached hydrogens (tertiary/aromatic N) is 2. The molecule has 3 heterocycles. The van der Waals surface area contributed by atoms with Crippen molar-refractivity contribution in [3.05, 3.63) is 39.9 Å². The van der Waals surface area contributed by atoms with Crippen LogP contribution in [0.4, 0.5) is 0 Å². The minimum atomic E-state index is -0.192. The minimum Gasteiger partial charge on any atom is -0.449 e. The summed E-state index contributed by atoms with van der Waals surface area (Å²) in [5.41, 5.74) is 2.65. The summed E-state index contributed by atoms with van der Waals surface area (Å²) in [6.45, 7) is 4.88. The van der Waals surface area contributed by atoms with Gasteiger partial charge in [-0.25, -0.2) is 4.98 Å². The molecule has 0 aliphatic carbocycles. The van der Waals surface area contributed by atoms with Crippen molar-refractivity contribution in [2.45, 2.75) is 26.3 Å². The maximum absolute atomic E-state index is 12.2. The third-order valence-electron chi connectivity index (χ3n) is 4.10. The monoisotopic (exact) mass is 283 g/mol. The average molecular weight is 283 g/mol. The molecule has 0 amide bonds. The number of nitrogens with one attached hydrogen (secondary N) is 1. The molecule has 0 saturated carbocycles. The quantitative estimate of drug-likeness (QED) is 0.785. The lowest BCUT2D eigenvalue weighted by atomic mass is 10.2. The van der Waals surface area contributed by atoms with Crippen molar-refractivity contribution in [1.82, 2.24) is 14.9 Å². The van der Waals surface area contributed by atoms with E-state index in [2.05, 4.69) is 14.9 Å². The molecule has 1 aliphatic rings. The zero-order valence-electron chi connectivity index (χ0n) is 12.0. The lowest BCUT2D eigenvalue weighted by Crippen LogP contribution is -2.22. The molecule has 108 valence electrons. The lowest BCUT2D eigenvalue weighted by molar-refractivity contribution is 0.322. The van der Waals surface area contributed by atoms with E-state index in [0.29, 0.717) is 23.2 Å². The number of aryl methyl sites for hydroxylation is 1. The Hall–Kier alpha value is -2.14. The van der Waals surface area contributed by atoms with Crippen molar-refractivity contribution in [2.24, 2.45) is 0 Å². The van der Waals surface area contributed by atoms with Crippen LogP contribution in [0.15, 0.2) is 27.4 Å². The van der Waals surface area contributed by atoms with Gasteiger partial charge in [-0.3, -0.25) is 9.69 Å². The summed E-state index contributed by atoms with van der Waals surface area (Å²) < 4.78 is 5.64. The number of furan rings is 1. The van der Waals surface area contributed by atoms with Gasteiger partial charge in [-0.1, -0.05) is 11.6 Å². The van der Waals surface area contributed by atoms with Crippen LogP contribution in [0, 0.1) is 6.92 Å². The highest BCUT2D eigenvalue weighted by molar-refractivity contribution is 6.02. The van der Waals surface area contributed by atoms with Gasteiger partial charge in [0, 0.05) is 5.39 Å². The summed E-state index contributed by atoms with van der Waals surface area (Å²) in [5.74, 6) is 0.721. The first kappa shape index (κ1) is 12.6. The van der Waals surface area contributed by atoms with Gasteiger partial charge >= 0.3 is 0 Å². The van der Waals surface area contributed by atoms with E-state index in [0.717, 1.165) is 29.9 Å². The molecule has 1 fully saturated rings. The Balaban J connectivity index is 1.88. The first-order valence-electron chi connectivity index (χ1n) is 7.35. The fourth-order valence-corrected chi connectivity index (χ4v) is 3.04. The number of aromatic nitrogens is 2. The van der Waals surface area contributed by atoms with Gasteiger partial charge in [-0.15, -0.1) is 0 Å².